The molecule has 0 aliphatic heterocycles. The molecule has 7 nitrogen and oxygen atoms in total. The summed E-state index contributed by atoms with van der Waals surface area (Å²) >= 11 is 5.98. The first-order valence-corrected chi connectivity index (χ1v) is 12.6. The van der Waals surface area contributed by atoms with Gasteiger partial charge in [-0.15, -0.1) is 11.6 Å². The molecule has 0 radical (unpaired) electrons. The fourth-order valence-corrected chi connectivity index (χ4v) is 4.49. The Morgan fingerprint density at radius 1 is 1.18 bits per heavy atom. The number of carbonyl (C=O) groups excluding carboxylic acids is 2. The first-order valence-electron chi connectivity index (χ1n) is 12.1. The second-order valence-electron chi connectivity index (χ2n) is 8.59. The molecule has 0 bridgehead atoms. The van der Waals surface area contributed by atoms with Crippen molar-refractivity contribution in [3.05, 3.63) is 47.9 Å². The molecule has 1 N–H and O–H groups in total. The molecule has 1 heterocycles. The maximum Gasteiger partial charge on any atom is 0.247 e. The number of carbonyl (C=O) groups is 2. The second kappa shape index (κ2) is 13.3. The van der Waals surface area contributed by atoms with Crippen LogP contribution in [0.3, 0.4) is 0 Å². The van der Waals surface area contributed by atoms with E-state index in [1.165, 1.54) is 17.7 Å². The highest BCUT2D eigenvalue weighted by Crippen LogP contribution is 2.34. The molecule has 0 saturated heterocycles. The summed E-state index contributed by atoms with van der Waals surface area (Å²) in [6.45, 7) is 2.70. The average Bonchev–Trinajstić information content (AvgIpc) is 3.24. The van der Waals surface area contributed by atoms with Gasteiger partial charge in [-0.05, 0) is 49.1 Å². The number of furan rings is 1. The summed E-state index contributed by atoms with van der Waals surface area (Å²) in [5.41, 5.74) is 0.622. The number of ether oxygens (including phenoxy) is 2. The average molecular weight is 491 g/mol. The van der Waals surface area contributed by atoms with E-state index in [9.17, 15) is 9.59 Å². The van der Waals surface area contributed by atoms with Crippen molar-refractivity contribution in [2.75, 3.05) is 19.6 Å². The number of hydrogen-bond acceptors (Lipinski definition) is 5. The topological polar surface area (TPSA) is 81.0 Å². The zero-order valence-corrected chi connectivity index (χ0v) is 20.8. The molecule has 1 aliphatic carbocycles. The van der Waals surface area contributed by atoms with E-state index in [0.717, 1.165) is 32.1 Å². The van der Waals surface area contributed by atoms with Crippen LogP contribution >= 0.6 is 11.6 Å². The number of halogens is 1. The van der Waals surface area contributed by atoms with Gasteiger partial charge in [0.15, 0.2) is 11.5 Å². The molecule has 1 saturated carbocycles. The lowest BCUT2D eigenvalue weighted by molar-refractivity contribution is -0.140. The maximum absolute atomic E-state index is 13.7. The van der Waals surface area contributed by atoms with Crippen LogP contribution in [0.15, 0.2) is 41.0 Å². The third-order valence-electron chi connectivity index (χ3n) is 6.07. The fraction of sp³-hybridized carbons (Fsp3) is 0.538. The predicted octanol–water partition coefficient (Wildman–Crippen LogP) is 5.22. The van der Waals surface area contributed by atoms with E-state index in [0.29, 0.717) is 29.4 Å². The van der Waals surface area contributed by atoms with E-state index in [2.05, 4.69) is 5.32 Å². The molecular formula is C26H35ClN2O5. The van der Waals surface area contributed by atoms with Gasteiger partial charge in [-0.25, -0.2) is 0 Å². The smallest absolute Gasteiger partial charge is 0.247 e. The molecule has 1 aromatic heterocycles. The Hall–Kier alpha value is -2.67. The molecule has 186 valence electrons. The van der Waals surface area contributed by atoms with Gasteiger partial charge in [-0.1, -0.05) is 38.7 Å². The van der Waals surface area contributed by atoms with Crippen LogP contribution < -0.4 is 14.8 Å². The van der Waals surface area contributed by atoms with E-state index in [1.54, 1.807) is 37.6 Å². The van der Waals surface area contributed by atoms with E-state index in [-0.39, 0.29) is 30.3 Å². The summed E-state index contributed by atoms with van der Waals surface area (Å²) in [4.78, 5) is 28.2. The summed E-state index contributed by atoms with van der Waals surface area (Å²) < 4.78 is 16.8. The number of methoxy groups -OCH3 is 1. The highest BCUT2D eigenvalue weighted by molar-refractivity contribution is 6.27. The Morgan fingerprint density at radius 2 is 1.94 bits per heavy atom. The summed E-state index contributed by atoms with van der Waals surface area (Å²) in [5, 5.41) is 3.20. The van der Waals surface area contributed by atoms with Gasteiger partial charge in [0.05, 0.1) is 26.5 Å². The molecule has 1 unspecified atom stereocenters. The third kappa shape index (κ3) is 6.92. The summed E-state index contributed by atoms with van der Waals surface area (Å²) in [6, 6.07) is 8.07. The molecule has 1 aliphatic rings. The van der Waals surface area contributed by atoms with Crippen molar-refractivity contribution in [2.45, 2.75) is 70.5 Å². The lowest BCUT2D eigenvalue weighted by Gasteiger charge is -2.32. The standard InChI is InChI=1S/C26H35ClN2O5/c1-3-14-34-22-13-12-19(16-23(22)32-2)25(26(31)28-20-9-6-4-5-7-10-20)29(24(30)17-27)18-21-11-8-15-33-21/h8,11-13,15-16,20,25H,3-7,9-10,14,17-18H2,1-2H3,(H,28,31). The van der Waals surface area contributed by atoms with Gasteiger partial charge < -0.3 is 24.1 Å². The van der Waals surface area contributed by atoms with Crippen molar-refractivity contribution in [3.63, 3.8) is 0 Å². The van der Waals surface area contributed by atoms with Crippen molar-refractivity contribution in [2.24, 2.45) is 0 Å². The van der Waals surface area contributed by atoms with Crippen molar-refractivity contribution in [3.8, 4) is 11.5 Å². The van der Waals surface area contributed by atoms with E-state index < -0.39 is 6.04 Å². The molecule has 0 spiro atoms. The normalized spacial score (nSPS) is 15.3. The Bertz CT molecular complexity index is 910. The second-order valence-corrected chi connectivity index (χ2v) is 8.86. The zero-order chi connectivity index (χ0) is 24.3. The molecule has 3 rings (SSSR count). The fourth-order valence-electron chi connectivity index (χ4n) is 4.33. The molecule has 34 heavy (non-hydrogen) atoms. The number of nitrogens with zero attached hydrogens (tertiary/aromatic N) is 1. The minimum Gasteiger partial charge on any atom is -0.493 e. The molecule has 2 aromatic rings. The number of nitrogens with one attached hydrogen (secondary N) is 1. The van der Waals surface area contributed by atoms with E-state index in [1.807, 2.05) is 13.0 Å². The minimum atomic E-state index is -0.895. The molecule has 2 amide bonds. The number of hydrogen-bond donors (Lipinski definition) is 1. The van der Waals surface area contributed by atoms with Crippen molar-refractivity contribution in [1.29, 1.82) is 0 Å². The van der Waals surface area contributed by atoms with Crippen LogP contribution in [0.1, 0.15) is 69.2 Å². The Morgan fingerprint density at radius 3 is 2.56 bits per heavy atom. The minimum absolute atomic E-state index is 0.0862. The number of amides is 2. The molecule has 1 aromatic carbocycles. The number of benzene rings is 1. The van der Waals surface area contributed by atoms with Crippen LogP contribution in [0.5, 0.6) is 11.5 Å². The quantitative estimate of drug-likeness (QED) is 0.345. The van der Waals surface area contributed by atoms with Crippen molar-refractivity contribution >= 4 is 23.4 Å². The summed E-state index contributed by atoms with van der Waals surface area (Å²) in [5.74, 6) is 0.834. The van der Waals surface area contributed by atoms with Crippen LogP contribution in [0.2, 0.25) is 0 Å². The van der Waals surface area contributed by atoms with E-state index in [4.69, 9.17) is 25.5 Å². The van der Waals surface area contributed by atoms with Gasteiger partial charge in [0.2, 0.25) is 11.8 Å². The van der Waals surface area contributed by atoms with Gasteiger partial charge >= 0.3 is 0 Å². The summed E-state index contributed by atoms with van der Waals surface area (Å²) in [6.07, 6.45) is 8.82. The lowest BCUT2D eigenvalue weighted by Crippen LogP contribution is -2.46. The van der Waals surface area contributed by atoms with Crippen LogP contribution in [-0.4, -0.2) is 42.4 Å². The van der Waals surface area contributed by atoms with Gasteiger partial charge in [0, 0.05) is 6.04 Å². The monoisotopic (exact) mass is 490 g/mol. The number of rotatable bonds is 11. The first kappa shape index (κ1) is 25.9. The SMILES string of the molecule is CCCOc1ccc(C(C(=O)NC2CCCCCC2)N(Cc2ccco2)C(=O)CCl)cc1OC. The maximum atomic E-state index is 13.7. The Balaban J connectivity index is 1.97. The third-order valence-corrected chi connectivity index (χ3v) is 6.30. The number of alkyl halides is 1. The molecule has 8 heteroatoms. The van der Waals surface area contributed by atoms with Crippen LogP contribution in [0.4, 0.5) is 0 Å². The molecular weight excluding hydrogens is 456 g/mol. The van der Waals surface area contributed by atoms with Gasteiger partial charge in [0.1, 0.15) is 17.7 Å². The van der Waals surface area contributed by atoms with Crippen LogP contribution in [-0.2, 0) is 16.1 Å². The Kier molecular flexibility index (Phi) is 10.1. The van der Waals surface area contributed by atoms with Crippen LogP contribution in [0.25, 0.3) is 0 Å². The zero-order valence-electron chi connectivity index (χ0n) is 20.1. The highest BCUT2D eigenvalue weighted by Gasteiger charge is 2.33. The molecule has 1 fully saturated rings. The largest absolute Gasteiger partial charge is 0.493 e. The highest BCUT2D eigenvalue weighted by atomic mass is 35.5. The van der Waals surface area contributed by atoms with E-state index >= 15 is 0 Å². The van der Waals surface area contributed by atoms with Gasteiger partial charge in [-0.2, -0.15) is 0 Å². The molecule has 1 atom stereocenters. The predicted molar refractivity (Wildman–Crippen MR) is 131 cm³/mol. The van der Waals surface area contributed by atoms with Crippen molar-refractivity contribution in [1.82, 2.24) is 10.2 Å². The van der Waals surface area contributed by atoms with Gasteiger partial charge in [-0.3, -0.25) is 9.59 Å². The van der Waals surface area contributed by atoms with Crippen molar-refractivity contribution < 1.29 is 23.5 Å². The summed E-state index contributed by atoms with van der Waals surface area (Å²) in [7, 11) is 1.56. The van der Waals surface area contributed by atoms with Crippen LogP contribution in [0, 0.1) is 0 Å². The van der Waals surface area contributed by atoms with Gasteiger partial charge in [0.25, 0.3) is 0 Å². The Labute approximate surface area is 206 Å². The first-order chi connectivity index (χ1) is 16.6. The lowest BCUT2D eigenvalue weighted by atomic mass is 10.0.